The molecule has 7 heteroatoms. The van der Waals surface area contributed by atoms with Crippen molar-refractivity contribution in [1.82, 2.24) is 8.97 Å². The van der Waals surface area contributed by atoms with E-state index in [4.69, 9.17) is 0 Å². The van der Waals surface area contributed by atoms with Gasteiger partial charge in [0.05, 0.1) is 20.5 Å². The summed E-state index contributed by atoms with van der Waals surface area (Å²) in [5.41, 5.74) is 7.29. The molecule has 2 aromatic heterocycles. The Bertz CT molecular complexity index is 1560. The summed E-state index contributed by atoms with van der Waals surface area (Å²) < 4.78 is 5.73. The molecule has 0 amide bonds. The van der Waals surface area contributed by atoms with E-state index in [1.54, 1.807) is 12.1 Å². The molecule has 0 bridgehead atoms. The highest BCUT2D eigenvalue weighted by molar-refractivity contribution is 9.10. The zero-order chi connectivity index (χ0) is 23.9. The van der Waals surface area contributed by atoms with Crippen molar-refractivity contribution in [3.05, 3.63) is 105 Å². The lowest BCUT2D eigenvalue weighted by Crippen LogP contribution is -1.98. The third-order valence-electron chi connectivity index (χ3n) is 6.56. The smallest absolute Gasteiger partial charge is 0.283 e. The molecule has 0 spiro atoms. The maximum Gasteiger partial charge on any atom is 0.283 e. The predicted octanol–water partition coefficient (Wildman–Crippen LogP) is 8.23. The number of imidazole rings is 1. The summed E-state index contributed by atoms with van der Waals surface area (Å²) in [6, 6.07) is 25.9. The van der Waals surface area contributed by atoms with Gasteiger partial charge in [-0.05, 0) is 48.6 Å². The highest BCUT2D eigenvalue weighted by Crippen LogP contribution is 2.46. The molecule has 35 heavy (non-hydrogen) atoms. The van der Waals surface area contributed by atoms with Gasteiger partial charge in [0.15, 0.2) is 0 Å². The second-order valence-electron chi connectivity index (χ2n) is 8.68. The van der Waals surface area contributed by atoms with Crippen LogP contribution >= 0.6 is 27.7 Å². The Balaban J connectivity index is 1.65. The molecule has 0 saturated carbocycles. The molecule has 174 valence electrons. The topological polar surface area (TPSA) is 52.5 Å². The van der Waals surface area contributed by atoms with E-state index < -0.39 is 0 Å². The molecular formula is C28H22BrN3O2S. The average Bonchev–Trinajstić information content (AvgIpc) is 3.29. The van der Waals surface area contributed by atoms with Crippen LogP contribution in [0.4, 0.5) is 5.69 Å². The van der Waals surface area contributed by atoms with Crippen molar-refractivity contribution in [3.63, 3.8) is 0 Å². The first-order valence-electron chi connectivity index (χ1n) is 11.6. The van der Waals surface area contributed by atoms with Crippen molar-refractivity contribution in [2.75, 3.05) is 0 Å². The number of aryl methyl sites for hydroxylation is 2. The number of para-hydroxylation sites is 1. The van der Waals surface area contributed by atoms with Gasteiger partial charge < -0.3 is 4.57 Å². The van der Waals surface area contributed by atoms with Crippen LogP contribution in [0.15, 0.2) is 99.5 Å². The Hall–Kier alpha value is -3.29. The minimum Gasteiger partial charge on any atom is -0.325 e. The van der Waals surface area contributed by atoms with Gasteiger partial charge in [-0.2, -0.15) is 0 Å². The minimum absolute atomic E-state index is 0.130. The number of halogens is 1. The summed E-state index contributed by atoms with van der Waals surface area (Å²) in [5, 5.41) is 12.8. The van der Waals surface area contributed by atoms with E-state index in [2.05, 4.69) is 79.6 Å². The van der Waals surface area contributed by atoms with Crippen LogP contribution in [0.1, 0.15) is 18.4 Å². The number of benzene rings is 3. The van der Waals surface area contributed by atoms with E-state index in [0.717, 1.165) is 40.9 Å². The number of nitro groups is 1. The highest BCUT2D eigenvalue weighted by Gasteiger charge is 2.28. The molecule has 5 aromatic rings. The molecule has 5 nitrogen and oxygen atoms in total. The lowest BCUT2D eigenvalue weighted by atomic mass is 10.0. The predicted molar refractivity (Wildman–Crippen MR) is 144 cm³/mol. The number of hydrogen-bond acceptors (Lipinski definition) is 3. The molecule has 0 unspecified atom stereocenters. The fourth-order valence-electron chi connectivity index (χ4n) is 5.01. The van der Waals surface area contributed by atoms with Gasteiger partial charge in [-0.3, -0.25) is 14.5 Å². The summed E-state index contributed by atoms with van der Waals surface area (Å²) in [5.74, 6) is 0. The Morgan fingerprint density at radius 2 is 1.63 bits per heavy atom. The number of rotatable bonds is 5. The summed E-state index contributed by atoms with van der Waals surface area (Å²) in [6.07, 6.45) is 5.41. The first-order chi connectivity index (χ1) is 17.1. The third kappa shape index (κ3) is 3.89. The summed E-state index contributed by atoms with van der Waals surface area (Å²) >= 11 is 5.04. The van der Waals surface area contributed by atoms with E-state index in [1.807, 2.05) is 18.2 Å². The SMILES string of the molecule is O=[N+]([O-])c1ccccc1Sc1c(-c2ccc(Br)cc2)c2c3n(c(-c4ccccc4)cn13)CCCC2. The van der Waals surface area contributed by atoms with Crippen LogP contribution in [-0.4, -0.2) is 13.9 Å². The van der Waals surface area contributed by atoms with Crippen LogP contribution in [0.5, 0.6) is 0 Å². The number of nitrogens with zero attached hydrogens (tertiary/aromatic N) is 3. The summed E-state index contributed by atoms with van der Waals surface area (Å²) in [6.45, 7) is 0.951. The van der Waals surface area contributed by atoms with Gasteiger partial charge in [0, 0.05) is 34.4 Å². The number of hydrogen-bond donors (Lipinski definition) is 0. The Morgan fingerprint density at radius 3 is 2.40 bits per heavy atom. The van der Waals surface area contributed by atoms with Gasteiger partial charge >= 0.3 is 0 Å². The molecular weight excluding hydrogens is 522 g/mol. The quantitative estimate of drug-likeness (QED) is 0.165. The molecule has 3 aromatic carbocycles. The summed E-state index contributed by atoms with van der Waals surface area (Å²) in [7, 11) is 0. The van der Waals surface area contributed by atoms with Gasteiger partial charge in [0.1, 0.15) is 5.65 Å². The number of aromatic nitrogens is 2. The first kappa shape index (κ1) is 22.2. The molecule has 1 aliphatic rings. The highest BCUT2D eigenvalue weighted by atomic mass is 79.9. The molecule has 0 saturated heterocycles. The maximum atomic E-state index is 11.8. The zero-order valence-corrected chi connectivity index (χ0v) is 21.3. The van der Waals surface area contributed by atoms with Gasteiger partial charge in [-0.15, -0.1) is 0 Å². The van der Waals surface area contributed by atoms with Crippen molar-refractivity contribution in [3.8, 4) is 22.4 Å². The maximum absolute atomic E-state index is 11.8. The van der Waals surface area contributed by atoms with Crippen LogP contribution < -0.4 is 0 Å². The van der Waals surface area contributed by atoms with Crippen molar-refractivity contribution >= 4 is 39.0 Å². The molecule has 3 heterocycles. The van der Waals surface area contributed by atoms with E-state index in [0.29, 0.717) is 4.90 Å². The molecule has 0 radical (unpaired) electrons. The molecule has 1 aliphatic heterocycles. The molecule has 0 N–H and O–H groups in total. The fourth-order valence-corrected chi connectivity index (χ4v) is 6.46. The van der Waals surface area contributed by atoms with Gasteiger partial charge in [0.25, 0.3) is 5.69 Å². The van der Waals surface area contributed by atoms with Crippen molar-refractivity contribution in [2.24, 2.45) is 0 Å². The van der Waals surface area contributed by atoms with Crippen molar-refractivity contribution < 1.29 is 4.92 Å². The number of nitro benzene ring substituents is 1. The van der Waals surface area contributed by atoms with Gasteiger partial charge in [0.2, 0.25) is 0 Å². The van der Waals surface area contributed by atoms with Crippen LogP contribution in [0, 0.1) is 10.1 Å². The van der Waals surface area contributed by atoms with E-state index in [-0.39, 0.29) is 10.6 Å². The van der Waals surface area contributed by atoms with Gasteiger partial charge in [-0.1, -0.05) is 82.3 Å². The Labute approximate surface area is 215 Å². The largest absolute Gasteiger partial charge is 0.325 e. The summed E-state index contributed by atoms with van der Waals surface area (Å²) in [4.78, 5) is 12.2. The second-order valence-corrected chi connectivity index (χ2v) is 10.6. The minimum atomic E-state index is -0.295. The normalized spacial score (nSPS) is 13.2. The second kappa shape index (κ2) is 9.06. The zero-order valence-electron chi connectivity index (χ0n) is 18.9. The fraction of sp³-hybridized carbons (Fsp3) is 0.143. The standard InChI is InChI=1S/C28H22BrN3O2S/c29-21-15-13-20(14-16-21)26-22-10-6-7-17-30-24(19-8-2-1-3-9-19)18-31(27(22)30)28(26)35-25-12-5-4-11-23(25)32(33)34/h1-5,8-9,11-16,18H,6-7,10,17H2. The van der Waals surface area contributed by atoms with Crippen molar-refractivity contribution in [2.45, 2.75) is 35.7 Å². The van der Waals surface area contributed by atoms with E-state index in [9.17, 15) is 10.1 Å². The van der Waals surface area contributed by atoms with E-state index >= 15 is 0 Å². The first-order valence-corrected chi connectivity index (χ1v) is 13.2. The molecule has 0 aliphatic carbocycles. The van der Waals surface area contributed by atoms with Crippen LogP contribution in [0.25, 0.3) is 28.0 Å². The third-order valence-corrected chi connectivity index (χ3v) is 8.25. The van der Waals surface area contributed by atoms with Crippen LogP contribution in [0.2, 0.25) is 0 Å². The van der Waals surface area contributed by atoms with Crippen LogP contribution in [0.3, 0.4) is 0 Å². The van der Waals surface area contributed by atoms with Crippen molar-refractivity contribution in [1.29, 1.82) is 0 Å². The lowest BCUT2D eigenvalue weighted by molar-refractivity contribution is -0.387. The van der Waals surface area contributed by atoms with Crippen LogP contribution in [-0.2, 0) is 13.0 Å². The Kier molecular flexibility index (Phi) is 5.74. The Morgan fingerprint density at radius 1 is 0.886 bits per heavy atom. The molecule has 6 rings (SSSR count). The molecule has 0 atom stereocenters. The monoisotopic (exact) mass is 543 g/mol. The molecule has 0 fully saturated rings. The average molecular weight is 544 g/mol. The lowest BCUT2D eigenvalue weighted by Gasteiger charge is -2.10. The van der Waals surface area contributed by atoms with Gasteiger partial charge in [-0.25, -0.2) is 0 Å². The van der Waals surface area contributed by atoms with E-state index in [1.165, 1.54) is 39.8 Å².